The first-order chi connectivity index (χ1) is 20.7. The van der Waals surface area contributed by atoms with Crippen LogP contribution in [0.2, 0.25) is 0 Å². The number of ether oxygens (including phenoxy) is 1. The number of nitrogens with one attached hydrogen (secondary N) is 3. The van der Waals surface area contributed by atoms with Crippen molar-refractivity contribution in [2.45, 2.75) is 52.4 Å². The monoisotopic (exact) mass is 654 g/mol. The minimum Gasteiger partial charge on any atom is -0.495 e. The number of allylic oxidation sites excluding steroid dienone is 4. The average Bonchev–Trinajstić information content (AvgIpc) is 3.59. The van der Waals surface area contributed by atoms with Crippen molar-refractivity contribution in [3.05, 3.63) is 57.8 Å². The van der Waals surface area contributed by atoms with Gasteiger partial charge in [-0.2, -0.15) is 0 Å². The van der Waals surface area contributed by atoms with E-state index in [2.05, 4.69) is 73.6 Å². The molecule has 0 saturated carbocycles. The summed E-state index contributed by atoms with van der Waals surface area (Å²) in [5.74, 6) is 3.47. The highest BCUT2D eigenvalue weighted by Gasteiger charge is 2.42. The third-order valence-electron chi connectivity index (χ3n) is 9.45. The Balaban J connectivity index is 1.19. The summed E-state index contributed by atoms with van der Waals surface area (Å²) in [4.78, 5) is 23.5. The lowest BCUT2D eigenvalue weighted by Crippen LogP contribution is -2.45. The normalized spacial score (nSPS) is 26.2. The van der Waals surface area contributed by atoms with E-state index in [1.807, 2.05) is 29.2 Å². The highest BCUT2D eigenvalue weighted by Crippen LogP contribution is 2.35. The molecule has 5 unspecified atom stereocenters. The summed E-state index contributed by atoms with van der Waals surface area (Å²) >= 11 is 3.59. The van der Waals surface area contributed by atoms with E-state index in [4.69, 9.17) is 10.5 Å². The molecule has 1 aromatic carbocycles. The standard InChI is InChI=1S/C32H47BrN8O2/c1-6-22-13-28(37-32-35-15-25(33)31(38-32)36-27-10-8-7-9-26(27)34)30(43-5)14-29(22)39(4)12-11-20(2)40-16-23-18-41(21(3)42)19-24(23)17-40/h7-10,14-15,20,22-24,32,36-38H,6,11-13,16-19,34H2,1-5H3. The molecular formula is C32H47BrN8O2. The first-order valence-corrected chi connectivity index (χ1v) is 16.2. The Bertz CT molecular complexity index is 1300. The van der Waals surface area contributed by atoms with Crippen LogP contribution in [-0.2, 0) is 9.53 Å². The van der Waals surface area contributed by atoms with Gasteiger partial charge in [-0.05, 0) is 66.1 Å². The molecule has 10 nitrogen and oxygen atoms in total. The number of nitrogen functional groups attached to an aromatic ring is 1. The first-order valence-electron chi connectivity index (χ1n) is 15.4. The Kier molecular flexibility index (Phi) is 9.91. The van der Waals surface area contributed by atoms with Gasteiger partial charge in [0.15, 0.2) is 6.29 Å². The number of amides is 1. The molecule has 3 aliphatic heterocycles. The van der Waals surface area contributed by atoms with Crippen molar-refractivity contribution < 1.29 is 9.53 Å². The van der Waals surface area contributed by atoms with Gasteiger partial charge in [0.05, 0.1) is 28.7 Å². The van der Waals surface area contributed by atoms with E-state index in [0.717, 1.165) is 79.4 Å². The van der Waals surface area contributed by atoms with E-state index < -0.39 is 0 Å². The molecule has 2 fully saturated rings. The number of para-hydroxylation sites is 2. The highest BCUT2D eigenvalue weighted by atomic mass is 79.9. The second-order valence-electron chi connectivity index (χ2n) is 12.3. The van der Waals surface area contributed by atoms with Gasteiger partial charge in [0.1, 0.15) is 11.6 Å². The summed E-state index contributed by atoms with van der Waals surface area (Å²) in [5.41, 5.74) is 10.0. The average molecular weight is 656 g/mol. The number of aliphatic imine (C=N–C) groups is 1. The minimum atomic E-state index is -0.359. The van der Waals surface area contributed by atoms with Crippen LogP contribution in [0.4, 0.5) is 11.4 Å². The number of benzene rings is 1. The molecule has 5 rings (SSSR count). The first kappa shape index (κ1) is 31.3. The molecule has 43 heavy (non-hydrogen) atoms. The minimum absolute atomic E-state index is 0.216. The zero-order valence-corrected chi connectivity index (χ0v) is 27.7. The van der Waals surface area contributed by atoms with Crippen molar-refractivity contribution in [2.24, 2.45) is 22.7 Å². The van der Waals surface area contributed by atoms with E-state index in [-0.39, 0.29) is 12.2 Å². The summed E-state index contributed by atoms with van der Waals surface area (Å²) in [6, 6.07) is 8.19. The summed E-state index contributed by atoms with van der Waals surface area (Å²) < 4.78 is 6.72. The zero-order valence-electron chi connectivity index (χ0n) is 26.1. The molecule has 5 atom stereocenters. The van der Waals surface area contributed by atoms with E-state index >= 15 is 0 Å². The zero-order chi connectivity index (χ0) is 30.7. The maximum absolute atomic E-state index is 11.8. The number of rotatable bonds is 11. The van der Waals surface area contributed by atoms with Crippen LogP contribution in [-0.4, -0.2) is 86.0 Å². The quantitative estimate of drug-likeness (QED) is 0.264. The van der Waals surface area contributed by atoms with Gasteiger partial charge in [-0.15, -0.1) is 0 Å². The number of fused-ring (bicyclic) bond motifs is 1. The number of halogens is 1. The summed E-state index contributed by atoms with van der Waals surface area (Å²) in [6.07, 6.45) is 6.61. The number of anilines is 2. The molecule has 5 N–H and O–H groups in total. The molecule has 0 aromatic heterocycles. The Morgan fingerprint density at radius 1 is 1.26 bits per heavy atom. The lowest BCUT2D eigenvalue weighted by Gasteiger charge is -2.36. The molecule has 0 bridgehead atoms. The molecular weight excluding hydrogens is 608 g/mol. The third-order valence-corrected chi connectivity index (χ3v) is 10.1. The Morgan fingerprint density at radius 3 is 2.63 bits per heavy atom. The van der Waals surface area contributed by atoms with Crippen LogP contribution in [0.5, 0.6) is 0 Å². The molecule has 1 amide bonds. The van der Waals surface area contributed by atoms with Crippen molar-refractivity contribution in [2.75, 3.05) is 57.9 Å². The number of nitrogens with zero attached hydrogens (tertiary/aromatic N) is 4. The Morgan fingerprint density at radius 2 is 1.98 bits per heavy atom. The fourth-order valence-corrected chi connectivity index (χ4v) is 7.08. The van der Waals surface area contributed by atoms with Crippen molar-refractivity contribution in [3.8, 4) is 0 Å². The summed E-state index contributed by atoms with van der Waals surface area (Å²) in [7, 11) is 3.94. The fraction of sp³-hybridized carbons (Fsp3) is 0.562. The number of hydrogen-bond acceptors (Lipinski definition) is 9. The topological polar surface area (TPSA) is 110 Å². The van der Waals surface area contributed by atoms with Crippen LogP contribution in [0.3, 0.4) is 0 Å². The number of methoxy groups -OCH3 is 1. The Labute approximate surface area is 264 Å². The van der Waals surface area contributed by atoms with Gasteiger partial charge in [-0.25, -0.2) is 4.99 Å². The maximum Gasteiger partial charge on any atom is 0.219 e. The van der Waals surface area contributed by atoms with Crippen molar-refractivity contribution in [1.82, 2.24) is 25.3 Å². The van der Waals surface area contributed by atoms with E-state index in [0.29, 0.717) is 29.5 Å². The van der Waals surface area contributed by atoms with Crippen molar-refractivity contribution in [1.29, 1.82) is 0 Å². The van der Waals surface area contributed by atoms with Gasteiger partial charge in [-0.1, -0.05) is 19.1 Å². The van der Waals surface area contributed by atoms with E-state index in [1.54, 1.807) is 20.2 Å². The van der Waals surface area contributed by atoms with Crippen LogP contribution >= 0.6 is 15.9 Å². The molecule has 1 aliphatic carbocycles. The van der Waals surface area contributed by atoms with Gasteiger partial charge >= 0.3 is 0 Å². The number of hydrogen-bond donors (Lipinski definition) is 4. The SMILES string of the molecule is CCC1CC(NC2N=CC(Br)=C(Nc3ccccc3N)N2)=C(OC)C=C1N(C)CCC(C)N1CC2CN(C(C)=O)CC2C1. The molecule has 1 aromatic rings. The molecule has 11 heteroatoms. The molecule has 234 valence electrons. The molecule has 0 radical (unpaired) electrons. The van der Waals surface area contributed by atoms with Crippen LogP contribution in [0.25, 0.3) is 0 Å². The van der Waals surface area contributed by atoms with Gasteiger partial charge in [0.2, 0.25) is 5.91 Å². The predicted octanol–water partition coefficient (Wildman–Crippen LogP) is 4.08. The largest absolute Gasteiger partial charge is 0.495 e. The van der Waals surface area contributed by atoms with Crippen molar-refractivity contribution >= 4 is 39.4 Å². The van der Waals surface area contributed by atoms with E-state index in [1.165, 1.54) is 5.70 Å². The van der Waals surface area contributed by atoms with Crippen LogP contribution in [0.15, 0.2) is 62.8 Å². The second kappa shape index (κ2) is 13.6. The van der Waals surface area contributed by atoms with Crippen LogP contribution in [0, 0.1) is 17.8 Å². The van der Waals surface area contributed by atoms with E-state index in [9.17, 15) is 4.79 Å². The second-order valence-corrected chi connectivity index (χ2v) is 13.1. The smallest absolute Gasteiger partial charge is 0.219 e. The predicted molar refractivity (Wildman–Crippen MR) is 177 cm³/mol. The molecule has 0 spiro atoms. The van der Waals surface area contributed by atoms with Gasteiger partial charge < -0.3 is 36.2 Å². The third kappa shape index (κ3) is 7.15. The van der Waals surface area contributed by atoms with Crippen molar-refractivity contribution in [3.63, 3.8) is 0 Å². The highest BCUT2D eigenvalue weighted by molar-refractivity contribution is 9.12. The van der Waals surface area contributed by atoms with Gasteiger partial charge in [0, 0.05) is 76.6 Å². The summed E-state index contributed by atoms with van der Waals surface area (Å²) in [5, 5.41) is 10.4. The van der Waals surface area contributed by atoms with Gasteiger partial charge in [-0.3, -0.25) is 9.69 Å². The fourth-order valence-electron chi connectivity index (χ4n) is 6.74. The van der Waals surface area contributed by atoms with Crippen LogP contribution < -0.4 is 21.7 Å². The molecule has 2 saturated heterocycles. The van der Waals surface area contributed by atoms with Crippen LogP contribution in [0.1, 0.15) is 40.0 Å². The maximum atomic E-state index is 11.8. The molecule has 3 heterocycles. The number of carbonyl (C=O) groups is 1. The number of nitrogens with two attached hydrogens (primary N) is 1. The number of carbonyl (C=O) groups excluding carboxylic acids is 1. The lowest BCUT2D eigenvalue weighted by molar-refractivity contribution is -0.128. The number of likely N-dealkylation sites (tertiary alicyclic amines) is 2. The lowest BCUT2D eigenvalue weighted by atomic mass is 9.90. The van der Waals surface area contributed by atoms with Gasteiger partial charge in [0.25, 0.3) is 0 Å². The molecule has 4 aliphatic rings. The summed E-state index contributed by atoms with van der Waals surface area (Å²) in [6.45, 7) is 11.3. The Hall–Kier alpha value is -3.18.